The summed E-state index contributed by atoms with van der Waals surface area (Å²) in [6.07, 6.45) is -0.475. The Morgan fingerprint density at radius 2 is 1.94 bits per heavy atom. The van der Waals surface area contributed by atoms with Crippen LogP contribution in [0.3, 0.4) is 0 Å². The SMILES string of the molecule is COP(=O)(O)CCC(NC(C)=O)C(=O)O.[H-].[H-].[Na+].[Na+]. The molecule has 0 saturated heterocycles. The number of aliphatic carboxylic acids is 1. The zero-order valence-corrected chi connectivity index (χ0v) is 15.4. The average Bonchev–Trinajstić information content (AvgIpc) is 2.11. The van der Waals surface area contributed by atoms with Crippen molar-refractivity contribution in [3.63, 3.8) is 0 Å². The van der Waals surface area contributed by atoms with E-state index in [1.165, 1.54) is 6.92 Å². The van der Waals surface area contributed by atoms with Crippen molar-refractivity contribution in [2.75, 3.05) is 13.3 Å². The Hall–Kier alpha value is 1.09. The van der Waals surface area contributed by atoms with Gasteiger partial charge in [-0.3, -0.25) is 9.36 Å². The van der Waals surface area contributed by atoms with Gasteiger partial charge in [0.25, 0.3) is 0 Å². The van der Waals surface area contributed by atoms with Crippen LogP contribution in [0.2, 0.25) is 0 Å². The molecule has 0 aromatic heterocycles. The normalized spacial score (nSPS) is 14.5. The number of carboxylic acids is 1. The predicted octanol–water partition coefficient (Wildman–Crippen LogP) is -5.97. The Morgan fingerprint density at radius 1 is 1.47 bits per heavy atom. The third kappa shape index (κ3) is 11.9. The van der Waals surface area contributed by atoms with Crippen molar-refractivity contribution in [1.29, 1.82) is 0 Å². The average molecular weight is 287 g/mol. The van der Waals surface area contributed by atoms with E-state index in [0.29, 0.717) is 0 Å². The molecule has 0 saturated carbocycles. The summed E-state index contributed by atoms with van der Waals surface area (Å²) in [6, 6.07) is -1.17. The first-order valence-electron chi connectivity index (χ1n) is 4.16. The zero-order chi connectivity index (χ0) is 12.1. The van der Waals surface area contributed by atoms with E-state index < -0.39 is 25.5 Å². The van der Waals surface area contributed by atoms with Crippen molar-refractivity contribution in [3.8, 4) is 0 Å². The first kappa shape index (κ1) is 23.2. The van der Waals surface area contributed by atoms with Crippen LogP contribution in [-0.4, -0.2) is 41.2 Å². The third-order valence-electron chi connectivity index (χ3n) is 1.66. The van der Waals surface area contributed by atoms with E-state index in [0.717, 1.165) is 7.11 Å². The molecule has 0 aliphatic rings. The van der Waals surface area contributed by atoms with Crippen molar-refractivity contribution >= 4 is 19.5 Å². The van der Waals surface area contributed by atoms with E-state index >= 15 is 0 Å². The Kier molecular flexibility index (Phi) is 15.0. The first-order valence-corrected chi connectivity index (χ1v) is 5.92. The van der Waals surface area contributed by atoms with Gasteiger partial charge in [-0.25, -0.2) is 4.79 Å². The van der Waals surface area contributed by atoms with Crippen LogP contribution in [0.5, 0.6) is 0 Å². The Labute approximate surface area is 147 Å². The van der Waals surface area contributed by atoms with Crippen molar-refractivity contribution in [1.82, 2.24) is 5.32 Å². The molecule has 0 aliphatic heterocycles. The number of carboxylic acid groups (broad SMARTS) is 1. The maximum Gasteiger partial charge on any atom is 1.00 e. The van der Waals surface area contributed by atoms with Crippen LogP contribution in [0.4, 0.5) is 0 Å². The van der Waals surface area contributed by atoms with E-state index in [2.05, 4.69) is 9.84 Å². The summed E-state index contributed by atoms with van der Waals surface area (Å²) >= 11 is 0. The summed E-state index contributed by atoms with van der Waals surface area (Å²) in [5.41, 5.74) is 0. The largest absolute Gasteiger partial charge is 1.00 e. The number of amides is 1. The number of nitrogens with one attached hydrogen (secondary N) is 1. The quantitative estimate of drug-likeness (QED) is 0.331. The van der Waals surface area contributed by atoms with Crippen LogP contribution in [0.25, 0.3) is 0 Å². The number of hydrogen-bond donors (Lipinski definition) is 3. The fraction of sp³-hybridized carbons (Fsp3) is 0.714. The molecule has 0 fully saturated rings. The second kappa shape index (κ2) is 11.0. The van der Waals surface area contributed by atoms with E-state index in [9.17, 15) is 14.2 Å². The molecule has 0 heterocycles. The van der Waals surface area contributed by atoms with E-state index in [1.807, 2.05) is 0 Å². The summed E-state index contributed by atoms with van der Waals surface area (Å²) in [7, 11) is -2.66. The Balaban J connectivity index is -0.000000163. The van der Waals surface area contributed by atoms with Crippen LogP contribution in [0.15, 0.2) is 0 Å². The standard InChI is InChI=1S/C7H14NO6P.2Na.2H/c1-5(9)8-6(7(10)11)3-4-15(12,13)14-2;;;;/h6H,3-4H2,1-2H3,(H,8,9)(H,10,11)(H,12,13);;;;/q;2*+1;2*-1. The number of carbonyl (C=O) groups excluding carboxylic acids is 1. The number of carbonyl (C=O) groups is 2. The number of hydrogen-bond acceptors (Lipinski definition) is 4. The molecule has 1 amide bonds. The summed E-state index contributed by atoms with van der Waals surface area (Å²) in [4.78, 5) is 30.2. The topological polar surface area (TPSA) is 113 Å². The molecular weight excluding hydrogens is 271 g/mol. The second-order valence-electron chi connectivity index (χ2n) is 2.92. The molecule has 92 valence electrons. The van der Waals surface area contributed by atoms with Crippen LogP contribution in [-0.2, 0) is 18.7 Å². The first-order chi connectivity index (χ1) is 6.78. The molecule has 0 aliphatic carbocycles. The monoisotopic (exact) mass is 287 g/mol. The number of rotatable bonds is 6. The van der Waals surface area contributed by atoms with Gasteiger partial charge >= 0.3 is 72.7 Å². The molecule has 17 heavy (non-hydrogen) atoms. The minimum atomic E-state index is -3.73. The van der Waals surface area contributed by atoms with E-state index in [-0.39, 0.29) is 74.6 Å². The Bertz CT molecular complexity index is 309. The van der Waals surface area contributed by atoms with Crippen LogP contribution in [0, 0.1) is 0 Å². The Morgan fingerprint density at radius 3 is 2.24 bits per heavy atom. The van der Waals surface area contributed by atoms with Gasteiger partial charge < -0.3 is 22.7 Å². The van der Waals surface area contributed by atoms with E-state index in [4.69, 9.17) is 10.00 Å². The molecule has 0 aromatic carbocycles. The van der Waals surface area contributed by atoms with Gasteiger partial charge in [0.15, 0.2) is 0 Å². The molecule has 3 N–H and O–H groups in total. The molecule has 10 heteroatoms. The summed E-state index contributed by atoms with van der Waals surface area (Å²) < 4.78 is 15.3. The molecule has 2 atom stereocenters. The smallest absolute Gasteiger partial charge is 1.00 e. The summed E-state index contributed by atoms with van der Waals surface area (Å²) in [5.74, 6) is -1.76. The van der Waals surface area contributed by atoms with Crippen molar-refractivity contribution in [2.24, 2.45) is 0 Å². The molecule has 0 bridgehead atoms. The van der Waals surface area contributed by atoms with Crippen LogP contribution in [0.1, 0.15) is 16.2 Å². The maximum atomic E-state index is 11.0. The maximum absolute atomic E-state index is 11.0. The van der Waals surface area contributed by atoms with Gasteiger partial charge in [-0.2, -0.15) is 0 Å². The fourth-order valence-electron chi connectivity index (χ4n) is 0.886. The predicted molar refractivity (Wildman–Crippen MR) is 53.8 cm³/mol. The fourth-order valence-corrected chi connectivity index (χ4v) is 1.65. The summed E-state index contributed by atoms with van der Waals surface area (Å²) in [6.45, 7) is 1.17. The molecule has 2 unspecified atom stereocenters. The van der Waals surface area contributed by atoms with Crippen molar-refractivity contribution in [2.45, 2.75) is 19.4 Å². The van der Waals surface area contributed by atoms with Gasteiger partial charge in [0, 0.05) is 14.0 Å². The minimum Gasteiger partial charge on any atom is -1.00 e. The van der Waals surface area contributed by atoms with Gasteiger partial charge in [-0.15, -0.1) is 0 Å². The van der Waals surface area contributed by atoms with Crippen molar-refractivity contribution < 1.29 is 90.6 Å². The van der Waals surface area contributed by atoms with Gasteiger partial charge in [0.2, 0.25) is 5.91 Å². The minimum absolute atomic E-state index is 0. The van der Waals surface area contributed by atoms with Crippen LogP contribution < -0.4 is 64.4 Å². The second-order valence-corrected chi connectivity index (χ2v) is 5.01. The molecule has 0 aromatic rings. The molecule has 0 rings (SSSR count). The van der Waals surface area contributed by atoms with Gasteiger partial charge in [-0.1, -0.05) is 0 Å². The van der Waals surface area contributed by atoms with Gasteiger partial charge in [0.1, 0.15) is 6.04 Å². The van der Waals surface area contributed by atoms with Gasteiger partial charge in [0.05, 0.1) is 6.16 Å². The molecule has 0 spiro atoms. The summed E-state index contributed by atoms with van der Waals surface area (Å²) in [5, 5.41) is 10.8. The third-order valence-corrected chi connectivity index (χ3v) is 3.06. The van der Waals surface area contributed by atoms with Gasteiger partial charge in [-0.05, 0) is 6.42 Å². The molecule has 0 radical (unpaired) electrons. The van der Waals surface area contributed by atoms with Crippen LogP contribution >= 0.6 is 7.60 Å². The molecule has 7 nitrogen and oxygen atoms in total. The van der Waals surface area contributed by atoms with E-state index in [1.54, 1.807) is 0 Å². The molecular formula is C7H16NNa2O6P. The van der Waals surface area contributed by atoms with Crippen molar-refractivity contribution in [3.05, 3.63) is 0 Å². The zero-order valence-electron chi connectivity index (χ0n) is 12.5.